The fourth-order valence-corrected chi connectivity index (χ4v) is 2.86. The van der Waals surface area contributed by atoms with Crippen LogP contribution in [-0.4, -0.2) is 38.8 Å². The highest BCUT2D eigenvalue weighted by Crippen LogP contribution is 2.11. The second-order valence-electron chi connectivity index (χ2n) is 4.83. The summed E-state index contributed by atoms with van der Waals surface area (Å²) < 4.78 is 1.64. The smallest absolute Gasteiger partial charge is 0.274 e. The topological polar surface area (TPSA) is 67.6 Å². The van der Waals surface area contributed by atoms with Crippen molar-refractivity contribution in [3.05, 3.63) is 63.8 Å². The summed E-state index contributed by atoms with van der Waals surface area (Å²) in [6.45, 7) is 0.526. The Morgan fingerprint density at radius 2 is 2.27 bits per heavy atom. The molecular formula is C15H14N4O2S. The van der Waals surface area contributed by atoms with Crippen LogP contribution in [0.4, 0.5) is 0 Å². The molecule has 112 valence electrons. The van der Waals surface area contributed by atoms with Crippen molar-refractivity contribution in [2.45, 2.75) is 6.42 Å². The molecule has 0 N–H and O–H groups in total. The lowest BCUT2D eigenvalue weighted by atomic mass is 10.2. The van der Waals surface area contributed by atoms with Crippen LogP contribution in [0.15, 0.2) is 46.8 Å². The van der Waals surface area contributed by atoms with Gasteiger partial charge in [-0.05, 0) is 12.1 Å². The number of hydrogen-bond donors (Lipinski definition) is 0. The molecule has 0 aliphatic carbocycles. The van der Waals surface area contributed by atoms with Gasteiger partial charge in [-0.25, -0.2) is 0 Å². The SMILES string of the molecule is CN(CCc1ccccn1)C(=O)c1cc(=O)nc2sccn12. The Balaban J connectivity index is 1.80. The molecule has 3 aromatic rings. The predicted octanol–water partition coefficient (Wildman–Crippen LogP) is 1.47. The number of thiazole rings is 1. The molecule has 0 atom stereocenters. The van der Waals surface area contributed by atoms with Gasteiger partial charge in [0, 0.05) is 49.5 Å². The van der Waals surface area contributed by atoms with E-state index in [1.54, 1.807) is 34.1 Å². The molecule has 0 saturated carbocycles. The van der Waals surface area contributed by atoms with Gasteiger partial charge in [0.15, 0.2) is 4.96 Å². The number of fused-ring (bicyclic) bond motifs is 1. The summed E-state index contributed by atoms with van der Waals surface area (Å²) in [5, 5.41) is 1.80. The standard InChI is InChI=1S/C15H14N4O2S/c1-18(7-5-11-4-2-3-6-16-11)14(21)12-10-13(20)17-15-19(12)8-9-22-15/h2-4,6,8-10H,5,7H2,1H3. The van der Waals surface area contributed by atoms with Crippen molar-refractivity contribution in [1.29, 1.82) is 0 Å². The third kappa shape index (κ3) is 2.89. The number of nitrogens with zero attached hydrogens (tertiary/aromatic N) is 4. The number of rotatable bonds is 4. The van der Waals surface area contributed by atoms with Gasteiger partial charge in [-0.3, -0.25) is 19.0 Å². The molecule has 0 bridgehead atoms. The first-order valence-corrected chi connectivity index (χ1v) is 7.65. The minimum absolute atomic E-state index is 0.205. The van der Waals surface area contributed by atoms with E-state index in [1.807, 2.05) is 18.2 Å². The molecule has 22 heavy (non-hydrogen) atoms. The van der Waals surface area contributed by atoms with Gasteiger partial charge >= 0.3 is 0 Å². The van der Waals surface area contributed by atoms with E-state index in [4.69, 9.17) is 0 Å². The molecule has 3 aromatic heterocycles. The first kappa shape index (κ1) is 14.4. The highest BCUT2D eigenvalue weighted by Gasteiger charge is 2.16. The highest BCUT2D eigenvalue weighted by molar-refractivity contribution is 7.15. The fraction of sp³-hybridized carbons (Fsp3) is 0.200. The molecule has 0 radical (unpaired) electrons. The Morgan fingerprint density at radius 3 is 3.05 bits per heavy atom. The monoisotopic (exact) mass is 314 g/mol. The molecule has 0 aliphatic rings. The van der Waals surface area contributed by atoms with Gasteiger partial charge in [-0.2, -0.15) is 4.98 Å². The molecular weight excluding hydrogens is 300 g/mol. The van der Waals surface area contributed by atoms with Gasteiger partial charge in [-0.1, -0.05) is 6.07 Å². The summed E-state index contributed by atoms with van der Waals surface area (Å²) >= 11 is 1.33. The normalized spacial score (nSPS) is 10.8. The van der Waals surface area contributed by atoms with Crippen molar-refractivity contribution in [2.24, 2.45) is 0 Å². The van der Waals surface area contributed by atoms with Gasteiger partial charge in [0.25, 0.3) is 11.5 Å². The Morgan fingerprint density at radius 1 is 1.41 bits per heavy atom. The Kier molecular flexibility index (Phi) is 3.97. The zero-order valence-electron chi connectivity index (χ0n) is 12.0. The van der Waals surface area contributed by atoms with E-state index in [-0.39, 0.29) is 5.91 Å². The number of carbonyl (C=O) groups excluding carboxylic acids is 1. The van der Waals surface area contributed by atoms with Crippen LogP contribution >= 0.6 is 11.3 Å². The van der Waals surface area contributed by atoms with Gasteiger partial charge in [0.2, 0.25) is 0 Å². The van der Waals surface area contributed by atoms with Crippen LogP contribution in [0.3, 0.4) is 0 Å². The van der Waals surface area contributed by atoms with Crippen molar-refractivity contribution in [3.63, 3.8) is 0 Å². The number of pyridine rings is 1. The van der Waals surface area contributed by atoms with Crippen molar-refractivity contribution in [2.75, 3.05) is 13.6 Å². The van der Waals surface area contributed by atoms with Crippen LogP contribution in [0.25, 0.3) is 4.96 Å². The van der Waals surface area contributed by atoms with Crippen LogP contribution in [0.5, 0.6) is 0 Å². The zero-order chi connectivity index (χ0) is 15.5. The lowest BCUT2D eigenvalue weighted by Gasteiger charge is -2.17. The quantitative estimate of drug-likeness (QED) is 0.731. The first-order chi connectivity index (χ1) is 10.6. The van der Waals surface area contributed by atoms with Crippen molar-refractivity contribution < 1.29 is 4.79 Å². The average Bonchev–Trinajstić information content (AvgIpc) is 3.00. The maximum absolute atomic E-state index is 12.6. The van der Waals surface area contributed by atoms with Gasteiger partial charge in [0.1, 0.15) is 5.69 Å². The Labute approximate surface area is 130 Å². The minimum atomic E-state index is -0.399. The molecule has 7 heteroatoms. The summed E-state index contributed by atoms with van der Waals surface area (Å²) in [7, 11) is 1.72. The summed E-state index contributed by atoms with van der Waals surface area (Å²) in [5.74, 6) is -0.205. The maximum Gasteiger partial charge on any atom is 0.274 e. The van der Waals surface area contributed by atoms with E-state index >= 15 is 0 Å². The number of aromatic nitrogens is 3. The molecule has 0 fully saturated rings. The minimum Gasteiger partial charge on any atom is -0.340 e. The van der Waals surface area contributed by atoms with Crippen LogP contribution in [0.2, 0.25) is 0 Å². The van der Waals surface area contributed by atoms with Gasteiger partial charge in [0.05, 0.1) is 0 Å². The highest BCUT2D eigenvalue weighted by atomic mass is 32.1. The average molecular weight is 314 g/mol. The Bertz CT molecular complexity index is 857. The summed E-state index contributed by atoms with van der Waals surface area (Å²) in [5.41, 5.74) is 0.860. The molecule has 0 saturated heterocycles. The number of hydrogen-bond acceptors (Lipinski definition) is 5. The van der Waals surface area contributed by atoms with E-state index in [1.165, 1.54) is 17.4 Å². The fourth-order valence-electron chi connectivity index (χ4n) is 2.14. The zero-order valence-corrected chi connectivity index (χ0v) is 12.8. The van der Waals surface area contributed by atoms with E-state index in [0.29, 0.717) is 23.6 Å². The third-order valence-corrected chi connectivity index (χ3v) is 4.07. The van der Waals surface area contributed by atoms with Crippen molar-refractivity contribution >= 4 is 22.2 Å². The van der Waals surface area contributed by atoms with Crippen LogP contribution in [0.1, 0.15) is 16.2 Å². The Hall–Kier alpha value is -2.54. The van der Waals surface area contributed by atoms with E-state index in [0.717, 1.165) is 5.69 Å². The van der Waals surface area contributed by atoms with Gasteiger partial charge < -0.3 is 4.90 Å². The van der Waals surface area contributed by atoms with E-state index in [2.05, 4.69) is 9.97 Å². The molecule has 0 aliphatic heterocycles. The van der Waals surface area contributed by atoms with Crippen LogP contribution in [0, 0.1) is 0 Å². The largest absolute Gasteiger partial charge is 0.340 e. The second kappa shape index (κ2) is 6.07. The number of carbonyl (C=O) groups is 1. The van der Waals surface area contributed by atoms with Gasteiger partial charge in [-0.15, -0.1) is 11.3 Å². The van der Waals surface area contributed by atoms with E-state index in [9.17, 15) is 9.59 Å². The third-order valence-electron chi connectivity index (χ3n) is 3.31. The molecule has 6 nitrogen and oxygen atoms in total. The molecule has 0 unspecified atom stereocenters. The summed E-state index contributed by atoms with van der Waals surface area (Å²) in [6.07, 6.45) is 4.14. The van der Waals surface area contributed by atoms with Crippen molar-refractivity contribution in [3.8, 4) is 0 Å². The first-order valence-electron chi connectivity index (χ1n) is 6.77. The van der Waals surface area contributed by atoms with Crippen molar-refractivity contribution in [1.82, 2.24) is 19.3 Å². The molecule has 0 aromatic carbocycles. The summed E-state index contributed by atoms with van der Waals surface area (Å²) in [6, 6.07) is 6.97. The second-order valence-corrected chi connectivity index (χ2v) is 5.71. The number of likely N-dealkylation sites (N-methyl/N-ethyl adjacent to an activating group) is 1. The summed E-state index contributed by atoms with van der Waals surface area (Å²) in [4.78, 5) is 34.4. The van der Waals surface area contributed by atoms with Crippen LogP contribution in [-0.2, 0) is 6.42 Å². The molecule has 3 rings (SSSR count). The maximum atomic E-state index is 12.6. The molecule has 0 spiro atoms. The van der Waals surface area contributed by atoms with E-state index < -0.39 is 5.56 Å². The molecule has 1 amide bonds. The number of amides is 1. The molecule has 3 heterocycles. The predicted molar refractivity (Wildman–Crippen MR) is 84.2 cm³/mol. The lowest BCUT2D eigenvalue weighted by Crippen LogP contribution is -2.31. The van der Waals surface area contributed by atoms with Crippen LogP contribution < -0.4 is 5.56 Å². The lowest BCUT2D eigenvalue weighted by molar-refractivity contribution is 0.0789.